The summed E-state index contributed by atoms with van der Waals surface area (Å²) >= 11 is 5.92. The number of hydrogen-bond donors (Lipinski definition) is 1. The van der Waals surface area contributed by atoms with Crippen LogP contribution in [-0.4, -0.2) is 40.3 Å². The minimum atomic E-state index is -0.680. The number of piperidine rings is 1. The van der Waals surface area contributed by atoms with Gasteiger partial charge in [-0.3, -0.25) is 9.59 Å². The molecule has 1 N–H and O–H groups in total. The lowest BCUT2D eigenvalue weighted by Crippen LogP contribution is -2.47. The van der Waals surface area contributed by atoms with Crippen LogP contribution in [0.15, 0.2) is 54.6 Å². The number of rotatable bonds is 8. The zero-order valence-electron chi connectivity index (χ0n) is 21.4. The molecule has 2 atom stereocenters. The normalized spacial score (nSPS) is 17.1. The van der Waals surface area contributed by atoms with Crippen molar-refractivity contribution in [2.75, 3.05) is 38.7 Å². The molecule has 4 rings (SSSR count). The maximum atomic E-state index is 13.7. The third-order valence-corrected chi connectivity index (χ3v) is 6.80. The Morgan fingerprint density at radius 1 is 0.947 bits per heavy atom. The molecule has 0 saturated carbocycles. The quantitative estimate of drug-likeness (QED) is 0.397. The Morgan fingerprint density at radius 2 is 1.61 bits per heavy atom. The molecule has 10 heteroatoms. The maximum absolute atomic E-state index is 13.7. The Balaban J connectivity index is 1.81. The van der Waals surface area contributed by atoms with Crippen molar-refractivity contribution in [1.29, 1.82) is 0 Å². The predicted molar refractivity (Wildman–Crippen MR) is 142 cm³/mol. The molecule has 1 aliphatic heterocycles. The Morgan fingerprint density at radius 3 is 2.16 bits per heavy atom. The van der Waals surface area contributed by atoms with E-state index in [4.69, 9.17) is 30.5 Å². The number of halogens is 2. The molecule has 200 valence electrons. The number of hydrogen-bond acceptors (Lipinski definition) is 6. The summed E-state index contributed by atoms with van der Waals surface area (Å²) in [5, 5.41) is 2.73. The molecule has 1 saturated heterocycles. The van der Waals surface area contributed by atoms with Gasteiger partial charge in [0.1, 0.15) is 11.6 Å². The Bertz CT molecular complexity index is 1310. The van der Waals surface area contributed by atoms with Crippen molar-refractivity contribution in [3.8, 4) is 23.0 Å². The fourth-order valence-corrected chi connectivity index (χ4v) is 4.85. The zero-order chi connectivity index (χ0) is 27.4. The largest absolute Gasteiger partial charge is 0.497 e. The Kier molecular flexibility index (Phi) is 8.26. The van der Waals surface area contributed by atoms with E-state index in [-0.39, 0.29) is 23.3 Å². The molecule has 0 bridgehead atoms. The Hall–Kier alpha value is -3.98. The van der Waals surface area contributed by atoms with Crippen molar-refractivity contribution in [2.45, 2.75) is 18.9 Å². The first-order valence-corrected chi connectivity index (χ1v) is 12.2. The molecule has 0 radical (unpaired) electrons. The summed E-state index contributed by atoms with van der Waals surface area (Å²) in [5.74, 6) is 0.0178. The number of carbonyl (C=O) groups excluding carboxylic acids is 2. The van der Waals surface area contributed by atoms with Gasteiger partial charge in [-0.05, 0) is 42.3 Å². The Labute approximate surface area is 225 Å². The van der Waals surface area contributed by atoms with Gasteiger partial charge in [0.2, 0.25) is 17.6 Å². The van der Waals surface area contributed by atoms with Gasteiger partial charge in [0.05, 0.1) is 51.1 Å². The molecular formula is C28H28ClFN2O6. The summed E-state index contributed by atoms with van der Waals surface area (Å²) in [6.45, 7) is 0. The SMILES string of the molecule is COc1ccc(C2C(C(=O)Nc3ccc(F)c(Cl)c3)CCC(=O)N2c2cc(OC)c(OC)c(OC)c2)cc1. The molecule has 2 unspecified atom stereocenters. The van der Waals surface area contributed by atoms with E-state index in [2.05, 4.69) is 5.32 Å². The van der Waals surface area contributed by atoms with Crippen LogP contribution in [0, 0.1) is 11.7 Å². The van der Waals surface area contributed by atoms with Crippen LogP contribution in [0.2, 0.25) is 5.02 Å². The number of nitrogens with one attached hydrogen (secondary N) is 1. The molecular weight excluding hydrogens is 515 g/mol. The topological polar surface area (TPSA) is 86.3 Å². The highest BCUT2D eigenvalue weighted by molar-refractivity contribution is 6.31. The minimum absolute atomic E-state index is 0.104. The predicted octanol–water partition coefficient (Wildman–Crippen LogP) is 5.64. The van der Waals surface area contributed by atoms with Crippen molar-refractivity contribution in [2.24, 2.45) is 5.92 Å². The summed E-state index contributed by atoms with van der Waals surface area (Å²) in [4.78, 5) is 28.7. The van der Waals surface area contributed by atoms with E-state index >= 15 is 0 Å². The number of benzene rings is 3. The van der Waals surface area contributed by atoms with E-state index in [9.17, 15) is 14.0 Å². The second-order valence-corrected chi connectivity index (χ2v) is 9.04. The minimum Gasteiger partial charge on any atom is -0.497 e. The average molecular weight is 543 g/mol. The maximum Gasteiger partial charge on any atom is 0.229 e. The van der Waals surface area contributed by atoms with Crippen LogP contribution in [0.25, 0.3) is 0 Å². The van der Waals surface area contributed by atoms with Gasteiger partial charge in [0, 0.05) is 24.2 Å². The summed E-state index contributed by atoms with van der Waals surface area (Å²) in [6.07, 6.45) is 0.433. The number of ether oxygens (including phenoxy) is 4. The molecule has 3 aromatic rings. The van der Waals surface area contributed by atoms with E-state index < -0.39 is 17.8 Å². The molecule has 3 aromatic carbocycles. The van der Waals surface area contributed by atoms with Crippen LogP contribution >= 0.6 is 11.6 Å². The molecule has 1 heterocycles. The van der Waals surface area contributed by atoms with E-state index in [0.29, 0.717) is 40.8 Å². The van der Waals surface area contributed by atoms with Crippen LogP contribution in [-0.2, 0) is 9.59 Å². The van der Waals surface area contributed by atoms with Crippen molar-refractivity contribution in [1.82, 2.24) is 0 Å². The second-order valence-electron chi connectivity index (χ2n) is 8.63. The molecule has 0 aromatic heterocycles. The van der Waals surface area contributed by atoms with Crippen molar-refractivity contribution < 1.29 is 32.9 Å². The van der Waals surface area contributed by atoms with Crippen LogP contribution < -0.4 is 29.2 Å². The lowest BCUT2D eigenvalue weighted by molar-refractivity contribution is -0.125. The van der Waals surface area contributed by atoms with Gasteiger partial charge in [-0.25, -0.2) is 4.39 Å². The van der Waals surface area contributed by atoms with Crippen LogP contribution in [0.4, 0.5) is 15.8 Å². The van der Waals surface area contributed by atoms with Crippen molar-refractivity contribution in [3.63, 3.8) is 0 Å². The monoisotopic (exact) mass is 542 g/mol. The molecule has 38 heavy (non-hydrogen) atoms. The van der Waals surface area contributed by atoms with E-state index in [1.165, 1.54) is 39.5 Å². The van der Waals surface area contributed by atoms with E-state index in [0.717, 1.165) is 5.56 Å². The fourth-order valence-electron chi connectivity index (χ4n) is 4.67. The average Bonchev–Trinajstić information content (AvgIpc) is 2.93. The standard InChI is InChI=1S/C28H28ClFN2O6/c1-35-19-8-5-16(6-9-19)26-20(28(34)31-17-7-11-22(30)21(29)13-17)10-12-25(33)32(26)18-14-23(36-2)27(38-4)24(15-18)37-3/h5-9,11,13-15,20,26H,10,12H2,1-4H3,(H,31,34). The summed E-state index contributed by atoms with van der Waals surface area (Å²) in [5.41, 5.74) is 1.56. The van der Waals surface area contributed by atoms with Crippen molar-refractivity contribution >= 4 is 34.8 Å². The summed E-state index contributed by atoms with van der Waals surface area (Å²) in [7, 11) is 6.04. The van der Waals surface area contributed by atoms with Crippen LogP contribution in [0.3, 0.4) is 0 Å². The van der Waals surface area contributed by atoms with Gasteiger partial charge in [0.25, 0.3) is 0 Å². The second kappa shape index (κ2) is 11.6. The van der Waals surface area contributed by atoms with Gasteiger partial charge in [-0.2, -0.15) is 0 Å². The lowest BCUT2D eigenvalue weighted by Gasteiger charge is -2.41. The number of amides is 2. The van der Waals surface area contributed by atoms with E-state index in [1.54, 1.807) is 36.3 Å². The third kappa shape index (κ3) is 5.33. The molecule has 0 aliphatic carbocycles. The molecule has 0 spiro atoms. The van der Waals surface area contributed by atoms with Crippen molar-refractivity contribution in [3.05, 3.63) is 71.0 Å². The van der Waals surface area contributed by atoms with Crippen LogP contribution in [0.1, 0.15) is 24.4 Å². The fraction of sp³-hybridized carbons (Fsp3) is 0.286. The first-order chi connectivity index (χ1) is 18.3. The smallest absolute Gasteiger partial charge is 0.229 e. The summed E-state index contributed by atoms with van der Waals surface area (Å²) < 4.78 is 35.4. The van der Waals surface area contributed by atoms with Gasteiger partial charge >= 0.3 is 0 Å². The first-order valence-electron chi connectivity index (χ1n) is 11.8. The molecule has 8 nitrogen and oxygen atoms in total. The lowest BCUT2D eigenvalue weighted by atomic mass is 9.83. The number of methoxy groups -OCH3 is 4. The highest BCUT2D eigenvalue weighted by Gasteiger charge is 2.42. The number of anilines is 2. The number of nitrogens with zero attached hydrogens (tertiary/aromatic N) is 1. The number of carbonyl (C=O) groups is 2. The van der Waals surface area contributed by atoms with Gasteiger partial charge < -0.3 is 29.2 Å². The van der Waals surface area contributed by atoms with Gasteiger partial charge in [0.15, 0.2) is 11.5 Å². The zero-order valence-corrected chi connectivity index (χ0v) is 22.2. The third-order valence-electron chi connectivity index (χ3n) is 6.51. The summed E-state index contributed by atoms with van der Waals surface area (Å²) in [6, 6.07) is 13.8. The van der Waals surface area contributed by atoms with Gasteiger partial charge in [-0.15, -0.1) is 0 Å². The molecule has 1 fully saturated rings. The highest BCUT2D eigenvalue weighted by atomic mass is 35.5. The van der Waals surface area contributed by atoms with E-state index in [1.807, 2.05) is 12.1 Å². The molecule has 1 aliphatic rings. The first kappa shape index (κ1) is 27.1. The highest BCUT2D eigenvalue weighted by Crippen LogP contribution is 2.46. The molecule has 2 amide bonds. The van der Waals surface area contributed by atoms with Crippen LogP contribution in [0.5, 0.6) is 23.0 Å². The van der Waals surface area contributed by atoms with Gasteiger partial charge in [-0.1, -0.05) is 23.7 Å².